The molecule has 0 spiro atoms. The van der Waals surface area contributed by atoms with Crippen LogP contribution in [-0.2, 0) is 26.1 Å². The van der Waals surface area contributed by atoms with Crippen molar-refractivity contribution in [3.05, 3.63) is 52.3 Å². The van der Waals surface area contributed by atoms with E-state index >= 15 is 0 Å². The molecule has 0 radical (unpaired) electrons. The minimum Gasteiger partial charge on any atom is -0.478 e. The first-order chi connectivity index (χ1) is 11.7. The third-order valence-corrected chi connectivity index (χ3v) is 5.15. The normalized spacial score (nSPS) is 17.7. The van der Waals surface area contributed by atoms with E-state index < -0.39 is 5.97 Å². The van der Waals surface area contributed by atoms with Crippen LogP contribution >= 0.6 is 0 Å². The van der Waals surface area contributed by atoms with Crippen LogP contribution in [0.5, 0.6) is 0 Å². The Balaban J connectivity index is 1.56. The molecule has 5 heteroatoms. The zero-order valence-corrected chi connectivity index (χ0v) is 14.0. The fourth-order valence-corrected chi connectivity index (χ4v) is 3.66. The molecule has 2 heterocycles. The average molecular weight is 325 g/mol. The molecule has 1 aliphatic heterocycles. The quantitative estimate of drug-likeness (QED) is 0.918. The largest absolute Gasteiger partial charge is 0.478 e. The van der Waals surface area contributed by atoms with Crippen molar-refractivity contribution in [2.45, 2.75) is 51.7 Å². The summed E-state index contributed by atoms with van der Waals surface area (Å²) in [6.07, 6.45) is 3.44. The molecule has 0 atom stereocenters. The molecule has 1 fully saturated rings. The van der Waals surface area contributed by atoms with Crippen LogP contribution in [0.1, 0.15) is 58.6 Å². The lowest BCUT2D eigenvalue weighted by molar-refractivity contribution is 0.0693. The van der Waals surface area contributed by atoms with E-state index in [2.05, 4.69) is 28.6 Å². The molecule has 2 aromatic rings. The Labute approximate surface area is 141 Å². The lowest BCUT2D eigenvalue weighted by Crippen LogP contribution is -2.32. The van der Waals surface area contributed by atoms with Crippen LogP contribution in [0.3, 0.4) is 0 Å². The average Bonchev–Trinajstić information content (AvgIpc) is 3.35. The highest BCUT2D eigenvalue weighted by Gasteiger charge is 2.28. The summed E-state index contributed by atoms with van der Waals surface area (Å²) >= 11 is 0. The van der Waals surface area contributed by atoms with Crippen LogP contribution in [0, 0.1) is 0 Å². The molecule has 1 N–H and O–H groups in total. The molecule has 0 saturated heterocycles. The maximum atomic E-state index is 11.5. The second-order valence-corrected chi connectivity index (χ2v) is 6.86. The lowest BCUT2D eigenvalue weighted by atomic mass is 9.95. The summed E-state index contributed by atoms with van der Waals surface area (Å²) in [7, 11) is 0. The summed E-state index contributed by atoms with van der Waals surface area (Å²) in [4.78, 5) is 13.8. The second-order valence-electron chi connectivity index (χ2n) is 6.86. The maximum absolute atomic E-state index is 11.5. The van der Waals surface area contributed by atoms with E-state index in [1.165, 1.54) is 29.8 Å². The van der Waals surface area contributed by atoms with Crippen LogP contribution in [0.15, 0.2) is 24.3 Å². The van der Waals surface area contributed by atoms with Gasteiger partial charge in [0.1, 0.15) is 0 Å². The summed E-state index contributed by atoms with van der Waals surface area (Å²) in [5.74, 6) is -0.166. The smallest absolute Gasteiger partial charge is 0.336 e. The van der Waals surface area contributed by atoms with Crippen LogP contribution in [-0.4, -0.2) is 32.3 Å². The Kier molecular flexibility index (Phi) is 3.88. The summed E-state index contributed by atoms with van der Waals surface area (Å²) in [6.45, 7) is 5.50. The lowest BCUT2D eigenvalue weighted by Gasteiger charge is -2.29. The number of hydrogen-bond donors (Lipinski definition) is 1. The van der Waals surface area contributed by atoms with Gasteiger partial charge in [0.2, 0.25) is 0 Å². The molecule has 1 aromatic heterocycles. The first-order valence-corrected chi connectivity index (χ1v) is 8.78. The summed E-state index contributed by atoms with van der Waals surface area (Å²) < 4.78 is 2.10. The van der Waals surface area contributed by atoms with Gasteiger partial charge in [-0.1, -0.05) is 12.1 Å². The summed E-state index contributed by atoms with van der Waals surface area (Å²) in [5.41, 5.74) is 5.07. The molecule has 5 nitrogen and oxygen atoms in total. The van der Waals surface area contributed by atoms with E-state index in [0.29, 0.717) is 18.0 Å². The predicted octanol–water partition coefficient (Wildman–Crippen LogP) is 3.04. The number of aromatic nitrogens is 2. The van der Waals surface area contributed by atoms with Crippen molar-refractivity contribution in [1.29, 1.82) is 0 Å². The third kappa shape index (κ3) is 2.84. The van der Waals surface area contributed by atoms with Crippen molar-refractivity contribution < 1.29 is 9.90 Å². The van der Waals surface area contributed by atoms with Crippen LogP contribution < -0.4 is 0 Å². The van der Waals surface area contributed by atoms with Gasteiger partial charge in [-0.2, -0.15) is 5.10 Å². The highest BCUT2D eigenvalue weighted by atomic mass is 16.4. The Morgan fingerprint density at radius 2 is 2.21 bits per heavy atom. The van der Waals surface area contributed by atoms with Crippen molar-refractivity contribution in [3.63, 3.8) is 0 Å². The highest BCUT2D eigenvalue weighted by molar-refractivity contribution is 5.89. The maximum Gasteiger partial charge on any atom is 0.336 e. The van der Waals surface area contributed by atoms with Gasteiger partial charge < -0.3 is 5.11 Å². The molecule has 2 aliphatic rings. The second kappa shape index (κ2) is 6.06. The minimum atomic E-state index is -0.830. The van der Waals surface area contributed by atoms with Gasteiger partial charge >= 0.3 is 5.97 Å². The number of fused-ring (bicyclic) bond motifs is 1. The Bertz CT molecular complexity index is 777. The van der Waals surface area contributed by atoms with Crippen molar-refractivity contribution >= 4 is 5.97 Å². The van der Waals surface area contributed by atoms with Gasteiger partial charge in [-0.25, -0.2) is 4.79 Å². The number of carboxylic acids is 1. The zero-order valence-electron chi connectivity index (χ0n) is 14.0. The number of aromatic carboxylic acids is 1. The van der Waals surface area contributed by atoms with Gasteiger partial charge in [0, 0.05) is 32.1 Å². The monoisotopic (exact) mass is 325 g/mol. The number of hydrogen-bond acceptors (Lipinski definition) is 3. The molecular formula is C19H23N3O2. The van der Waals surface area contributed by atoms with Gasteiger partial charge in [0.05, 0.1) is 17.0 Å². The van der Waals surface area contributed by atoms with Gasteiger partial charge in [0.15, 0.2) is 0 Å². The van der Waals surface area contributed by atoms with Gasteiger partial charge in [0.25, 0.3) is 0 Å². The molecule has 24 heavy (non-hydrogen) atoms. The summed E-state index contributed by atoms with van der Waals surface area (Å²) in [6, 6.07) is 7.87. The van der Waals surface area contributed by atoms with Crippen molar-refractivity contribution in [2.75, 3.05) is 6.54 Å². The van der Waals surface area contributed by atoms with Gasteiger partial charge in [-0.3, -0.25) is 9.58 Å². The van der Waals surface area contributed by atoms with E-state index in [-0.39, 0.29) is 0 Å². The number of nitrogens with zero attached hydrogens (tertiary/aromatic N) is 3. The SMILES string of the molecule is CCn1nc(C2CC2)cc1CN1CCc2cccc(C(=O)O)c2C1. The fourth-order valence-electron chi connectivity index (χ4n) is 3.66. The molecular weight excluding hydrogens is 302 g/mol. The minimum absolute atomic E-state index is 0.444. The first-order valence-electron chi connectivity index (χ1n) is 8.78. The van der Waals surface area contributed by atoms with Crippen molar-refractivity contribution in [3.8, 4) is 0 Å². The molecule has 0 amide bonds. The molecule has 1 aliphatic carbocycles. The summed E-state index contributed by atoms with van der Waals surface area (Å²) in [5, 5.41) is 14.2. The Hall–Kier alpha value is -2.14. The topological polar surface area (TPSA) is 58.4 Å². The van der Waals surface area contributed by atoms with Gasteiger partial charge in [-0.15, -0.1) is 0 Å². The molecule has 1 saturated carbocycles. The molecule has 1 aromatic carbocycles. The zero-order chi connectivity index (χ0) is 16.7. The number of carbonyl (C=O) groups is 1. The first kappa shape index (κ1) is 15.4. The van der Waals surface area contributed by atoms with Crippen LogP contribution in [0.2, 0.25) is 0 Å². The van der Waals surface area contributed by atoms with Crippen LogP contribution in [0.4, 0.5) is 0 Å². The Morgan fingerprint density at radius 3 is 2.92 bits per heavy atom. The highest BCUT2D eigenvalue weighted by Crippen LogP contribution is 2.39. The van der Waals surface area contributed by atoms with E-state index in [9.17, 15) is 9.90 Å². The van der Waals surface area contributed by atoms with E-state index in [1.54, 1.807) is 6.07 Å². The molecule has 4 rings (SSSR count). The van der Waals surface area contributed by atoms with Crippen molar-refractivity contribution in [2.24, 2.45) is 0 Å². The van der Waals surface area contributed by atoms with Crippen molar-refractivity contribution in [1.82, 2.24) is 14.7 Å². The molecule has 126 valence electrons. The number of carboxylic acid groups (broad SMARTS) is 1. The fraction of sp³-hybridized carbons (Fsp3) is 0.474. The van der Waals surface area contributed by atoms with E-state index in [0.717, 1.165) is 31.6 Å². The number of aryl methyl sites for hydroxylation is 1. The number of rotatable bonds is 5. The van der Waals surface area contributed by atoms with E-state index in [1.807, 2.05) is 6.07 Å². The molecule has 0 bridgehead atoms. The third-order valence-electron chi connectivity index (χ3n) is 5.15. The number of benzene rings is 1. The standard InChI is InChI=1S/C19H23N3O2/c1-2-22-15(10-18(20-22)14-6-7-14)11-21-9-8-13-4-3-5-16(19(23)24)17(13)12-21/h3-5,10,14H,2,6-9,11-12H2,1H3,(H,23,24). The molecule has 0 unspecified atom stereocenters. The van der Waals surface area contributed by atoms with Crippen LogP contribution in [0.25, 0.3) is 0 Å². The van der Waals surface area contributed by atoms with E-state index in [4.69, 9.17) is 5.10 Å². The Morgan fingerprint density at radius 1 is 1.38 bits per heavy atom. The predicted molar refractivity (Wildman–Crippen MR) is 91.1 cm³/mol. The van der Waals surface area contributed by atoms with Gasteiger partial charge in [-0.05, 0) is 49.4 Å².